The van der Waals surface area contributed by atoms with Gasteiger partial charge in [-0.15, -0.1) is 0 Å². The first-order valence-electron chi connectivity index (χ1n) is 6.86. The highest BCUT2D eigenvalue weighted by molar-refractivity contribution is 5.02. The number of nitrogens with zero attached hydrogens (tertiary/aromatic N) is 2. The van der Waals surface area contributed by atoms with E-state index < -0.39 is 0 Å². The van der Waals surface area contributed by atoms with Gasteiger partial charge in [0.25, 0.3) is 0 Å². The Labute approximate surface area is 110 Å². The summed E-state index contributed by atoms with van der Waals surface area (Å²) in [4.78, 5) is 4.28. The van der Waals surface area contributed by atoms with Crippen molar-refractivity contribution < 1.29 is 4.74 Å². The van der Waals surface area contributed by atoms with Crippen LogP contribution in [0.2, 0.25) is 0 Å². The van der Waals surface area contributed by atoms with Gasteiger partial charge in [-0.25, -0.2) is 4.98 Å². The first-order valence-corrected chi connectivity index (χ1v) is 6.86. The molecule has 0 amide bonds. The van der Waals surface area contributed by atoms with E-state index in [9.17, 15) is 0 Å². The molecule has 0 aliphatic heterocycles. The highest BCUT2D eigenvalue weighted by atomic mass is 16.5. The molecule has 0 aromatic carbocycles. The Kier molecular flexibility index (Phi) is 4.40. The van der Waals surface area contributed by atoms with Gasteiger partial charge < -0.3 is 14.6 Å². The normalized spacial score (nSPS) is 17.3. The number of ether oxygens (including phenoxy) is 1. The monoisotopic (exact) mass is 251 g/mol. The maximum atomic E-state index is 5.21. The van der Waals surface area contributed by atoms with Crippen molar-refractivity contribution in [2.24, 2.45) is 5.41 Å². The number of nitrogens with one attached hydrogen (secondary N) is 1. The lowest BCUT2D eigenvalue weighted by Crippen LogP contribution is -2.24. The Bertz CT molecular complexity index is 369. The van der Waals surface area contributed by atoms with Gasteiger partial charge in [-0.05, 0) is 24.7 Å². The minimum atomic E-state index is 0.475. The minimum Gasteiger partial charge on any atom is -0.385 e. The summed E-state index contributed by atoms with van der Waals surface area (Å²) in [7, 11) is 1.78. The molecule has 102 valence electrons. The summed E-state index contributed by atoms with van der Waals surface area (Å²) in [5.74, 6) is 0. The van der Waals surface area contributed by atoms with Crippen LogP contribution < -0.4 is 5.32 Å². The van der Waals surface area contributed by atoms with E-state index in [0.29, 0.717) is 11.5 Å². The van der Waals surface area contributed by atoms with Crippen LogP contribution in [0.5, 0.6) is 0 Å². The summed E-state index contributed by atoms with van der Waals surface area (Å²) in [6.07, 6.45) is 7.75. The second-order valence-corrected chi connectivity index (χ2v) is 5.79. The van der Waals surface area contributed by atoms with E-state index in [0.717, 1.165) is 19.7 Å². The van der Waals surface area contributed by atoms with E-state index in [-0.39, 0.29) is 0 Å². The Morgan fingerprint density at radius 3 is 2.89 bits per heavy atom. The maximum Gasteiger partial charge on any atom is 0.0948 e. The van der Waals surface area contributed by atoms with Gasteiger partial charge in [0, 0.05) is 39.0 Å². The van der Waals surface area contributed by atoms with Gasteiger partial charge in [0.15, 0.2) is 0 Å². The molecule has 0 unspecified atom stereocenters. The number of imidazole rings is 1. The molecule has 0 bridgehead atoms. The smallest absolute Gasteiger partial charge is 0.0948 e. The van der Waals surface area contributed by atoms with Gasteiger partial charge in [-0.2, -0.15) is 0 Å². The van der Waals surface area contributed by atoms with Crippen molar-refractivity contribution in [1.82, 2.24) is 14.9 Å². The fourth-order valence-corrected chi connectivity index (χ4v) is 2.29. The van der Waals surface area contributed by atoms with E-state index in [1.54, 1.807) is 7.11 Å². The van der Waals surface area contributed by atoms with E-state index in [4.69, 9.17) is 4.74 Å². The molecule has 4 nitrogen and oxygen atoms in total. The summed E-state index contributed by atoms with van der Waals surface area (Å²) < 4.78 is 7.51. The summed E-state index contributed by atoms with van der Waals surface area (Å²) in [5.41, 5.74) is 1.76. The second-order valence-electron chi connectivity index (χ2n) is 5.79. The third-order valence-electron chi connectivity index (χ3n) is 3.79. The molecule has 1 N–H and O–H groups in total. The van der Waals surface area contributed by atoms with Crippen LogP contribution in [0.25, 0.3) is 0 Å². The topological polar surface area (TPSA) is 39.1 Å². The van der Waals surface area contributed by atoms with Crippen LogP contribution in [0.1, 0.15) is 38.8 Å². The molecule has 1 aromatic heterocycles. The zero-order valence-corrected chi connectivity index (χ0v) is 11.8. The van der Waals surface area contributed by atoms with E-state index in [2.05, 4.69) is 28.7 Å². The highest BCUT2D eigenvalue weighted by Gasteiger charge is 2.42. The minimum absolute atomic E-state index is 0.475. The van der Waals surface area contributed by atoms with Crippen LogP contribution in [0.3, 0.4) is 0 Å². The van der Waals surface area contributed by atoms with Crippen molar-refractivity contribution in [1.29, 1.82) is 0 Å². The summed E-state index contributed by atoms with van der Waals surface area (Å²) in [6, 6.07) is 0.511. The Hall–Kier alpha value is -0.870. The number of methoxy groups -OCH3 is 1. The summed E-state index contributed by atoms with van der Waals surface area (Å²) >= 11 is 0. The second kappa shape index (κ2) is 5.85. The predicted molar refractivity (Wildman–Crippen MR) is 72.4 cm³/mol. The lowest BCUT2D eigenvalue weighted by Gasteiger charge is -2.18. The van der Waals surface area contributed by atoms with Crippen LogP contribution in [0.4, 0.5) is 0 Å². The number of hydrogen-bond donors (Lipinski definition) is 1. The van der Waals surface area contributed by atoms with Crippen LogP contribution >= 0.6 is 0 Å². The lowest BCUT2D eigenvalue weighted by molar-refractivity contribution is 0.166. The largest absolute Gasteiger partial charge is 0.385 e. The fourth-order valence-electron chi connectivity index (χ4n) is 2.29. The van der Waals surface area contributed by atoms with Gasteiger partial charge in [0.05, 0.1) is 12.0 Å². The van der Waals surface area contributed by atoms with E-state index in [1.165, 1.54) is 25.0 Å². The molecule has 0 spiro atoms. The first kappa shape index (κ1) is 13.6. The Balaban J connectivity index is 1.91. The molecule has 1 fully saturated rings. The van der Waals surface area contributed by atoms with Crippen molar-refractivity contribution in [3.63, 3.8) is 0 Å². The fraction of sp³-hybridized carbons (Fsp3) is 0.786. The summed E-state index contributed by atoms with van der Waals surface area (Å²) in [6.45, 7) is 7.20. The Morgan fingerprint density at radius 2 is 2.28 bits per heavy atom. The molecule has 2 rings (SSSR count). The quantitative estimate of drug-likeness (QED) is 0.770. The average Bonchev–Trinajstić information content (AvgIpc) is 2.95. The molecule has 0 atom stereocenters. The van der Waals surface area contributed by atoms with Gasteiger partial charge in [-0.1, -0.05) is 13.8 Å². The van der Waals surface area contributed by atoms with E-state index in [1.807, 2.05) is 12.5 Å². The van der Waals surface area contributed by atoms with Crippen LogP contribution in [-0.4, -0.2) is 29.3 Å². The van der Waals surface area contributed by atoms with Crippen molar-refractivity contribution >= 4 is 0 Å². The van der Waals surface area contributed by atoms with Crippen LogP contribution in [-0.2, 0) is 17.8 Å². The van der Waals surface area contributed by atoms with Gasteiger partial charge >= 0.3 is 0 Å². The van der Waals surface area contributed by atoms with Crippen molar-refractivity contribution in [3.8, 4) is 0 Å². The molecule has 0 saturated heterocycles. The van der Waals surface area contributed by atoms with Gasteiger partial charge in [0.1, 0.15) is 0 Å². The predicted octanol–water partition coefficient (Wildman–Crippen LogP) is 2.20. The molecule has 1 aromatic rings. The highest BCUT2D eigenvalue weighted by Crippen LogP contribution is 2.50. The molecule has 0 radical (unpaired) electrons. The lowest BCUT2D eigenvalue weighted by atomic mass is 10.0. The molecule has 18 heavy (non-hydrogen) atoms. The molecule has 1 saturated carbocycles. The Morgan fingerprint density at radius 1 is 1.50 bits per heavy atom. The zero-order chi connectivity index (χ0) is 13.0. The first-order chi connectivity index (χ1) is 8.65. The third-order valence-corrected chi connectivity index (χ3v) is 3.79. The van der Waals surface area contributed by atoms with Crippen LogP contribution in [0, 0.1) is 5.41 Å². The van der Waals surface area contributed by atoms with Crippen LogP contribution in [0.15, 0.2) is 12.5 Å². The van der Waals surface area contributed by atoms with E-state index >= 15 is 0 Å². The molecule has 4 heteroatoms. The average molecular weight is 251 g/mol. The SMILES string of the molecule is COCCC1(Cn2cncc2CNC(C)C)CC1. The summed E-state index contributed by atoms with van der Waals surface area (Å²) in [5, 5.41) is 3.45. The van der Waals surface area contributed by atoms with Crippen molar-refractivity contribution in [3.05, 3.63) is 18.2 Å². The number of aromatic nitrogens is 2. The molecule has 1 aliphatic rings. The maximum absolute atomic E-state index is 5.21. The number of hydrogen-bond acceptors (Lipinski definition) is 3. The molecular formula is C14H25N3O. The van der Waals surface area contributed by atoms with Crippen molar-refractivity contribution in [2.75, 3.05) is 13.7 Å². The number of rotatable bonds is 8. The molecule has 1 aliphatic carbocycles. The zero-order valence-electron chi connectivity index (χ0n) is 11.8. The third kappa shape index (κ3) is 3.56. The molecule has 1 heterocycles. The standard InChI is InChI=1S/C14H25N3O/c1-12(2)16-9-13-8-15-11-17(13)10-14(4-5-14)6-7-18-3/h8,11-12,16H,4-7,9-10H2,1-3H3. The van der Waals surface area contributed by atoms with Gasteiger partial charge in [-0.3, -0.25) is 0 Å². The van der Waals surface area contributed by atoms with Gasteiger partial charge in [0.2, 0.25) is 0 Å². The van der Waals surface area contributed by atoms with Crippen molar-refractivity contribution in [2.45, 2.75) is 52.2 Å². The molecular weight excluding hydrogens is 226 g/mol.